The van der Waals surface area contributed by atoms with Gasteiger partial charge in [-0.1, -0.05) is 0 Å². The van der Waals surface area contributed by atoms with Crippen LogP contribution in [0.15, 0.2) is 18.3 Å². The second-order valence-corrected chi connectivity index (χ2v) is 1.67. The maximum absolute atomic E-state index is 12.4. The summed E-state index contributed by atoms with van der Waals surface area (Å²) in [6.45, 7) is -3.02. The van der Waals surface area contributed by atoms with Crippen molar-refractivity contribution >= 4 is 0 Å². The number of aromatic nitrogens is 1. The third-order valence-corrected chi connectivity index (χ3v) is 0.941. The summed E-state index contributed by atoms with van der Waals surface area (Å²) in [6, 6.07) is 2.38. The quantitative estimate of drug-likeness (QED) is 0.620. The lowest BCUT2D eigenvalue weighted by molar-refractivity contribution is -0.0526. The fraction of sp³-hybridized carbons (Fsp3) is 0.167. The molecule has 0 aliphatic heterocycles. The van der Waals surface area contributed by atoms with Crippen molar-refractivity contribution in [3.05, 3.63) is 24.3 Å². The highest BCUT2D eigenvalue weighted by Gasteiger charge is 2.08. The van der Waals surface area contributed by atoms with E-state index < -0.39 is 18.3 Å². The predicted octanol–water partition coefficient (Wildman–Crippen LogP) is 1.82. The van der Waals surface area contributed by atoms with Crippen LogP contribution in [0.5, 0.6) is 5.75 Å². The minimum atomic E-state index is -3.02. The Labute approximate surface area is 60.6 Å². The molecular weight excluding hydrogens is 159 g/mol. The Kier molecular flexibility index (Phi) is 2.30. The van der Waals surface area contributed by atoms with Crippen LogP contribution in [0.1, 0.15) is 0 Å². The molecule has 0 unspecified atom stereocenters. The molecule has 1 heterocycles. The molecule has 2 nitrogen and oxygen atoms in total. The molecule has 0 fully saturated rings. The highest BCUT2D eigenvalue weighted by Crippen LogP contribution is 2.15. The second-order valence-electron chi connectivity index (χ2n) is 1.67. The van der Waals surface area contributed by atoms with Crippen LogP contribution in [0.2, 0.25) is 0 Å². The first-order valence-electron chi connectivity index (χ1n) is 2.75. The summed E-state index contributed by atoms with van der Waals surface area (Å²) < 4.78 is 39.1. The Balaban J connectivity index is 2.78. The molecule has 0 bridgehead atoms. The maximum atomic E-state index is 12.4. The molecular formula is C6H4F3NO. The van der Waals surface area contributed by atoms with Gasteiger partial charge in [-0.25, -0.2) is 4.98 Å². The van der Waals surface area contributed by atoms with E-state index in [4.69, 9.17) is 0 Å². The van der Waals surface area contributed by atoms with Gasteiger partial charge >= 0.3 is 6.61 Å². The number of rotatable bonds is 2. The zero-order chi connectivity index (χ0) is 8.27. The molecule has 0 N–H and O–H groups in total. The molecule has 0 aromatic carbocycles. The van der Waals surface area contributed by atoms with Gasteiger partial charge in [0.25, 0.3) is 5.95 Å². The predicted molar refractivity (Wildman–Crippen MR) is 30.8 cm³/mol. The van der Waals surface area contributed by atoms with Crippen LogP contribution in [0.25, 0.3) is 0 Å². The van der Waals surface area contributed by atoms with E-state index in [0.717, 1.165) is 12.3 Å². The number of pyridine rings is 1. The van der Waals surface area contributed by atoms with Crippen LogP contribution in [0, 0.1) is 5.95 Å². The fourth-order valence-corrected chi connectivity index (χ4v) is 0.555. The molecule has 0 radical (unpaired) electrons. The zero-order valence-corrected chi connectivity index (χ0v) is 5.30. The largest absolute Gasteiger partial charge is 0.430 e. The lowest BCUT2D eigenvalue weighted by Crippen LogP contribution is -2.04. The van der Waals surface area contributed by atoms with E-state index in [-0.39, 0.29) is 0 Å². The molecule has 11 heavy (non-hydrogen) atoms. The van der Waals surface area contributed by atoms with Crippen molar-refractivity contribution in [1.29, 1.82) is 0 Å². The summed E-state index contributed by atoms with van der Waals surface area (Å²) in [4.78, 5) is 3.11. The number of nitrogens with zero attached hydrogens (tertiary/aromatic N) is 1. The van der Waals surface area contributed by atoms with Gasteiger partial charge in [0.05, 0.1) is 0 Å². The second kappa shape index (κ2) is 3.23. The monoisotopic (exact) mass is 163 g/mol. The van der Waals surface area contributed by atoms with Crippen LogP contribution < -0.4 is 4.74 Å². The molecule has 5 heteroatoms. The Morgan fingerprint density at radius 2 is 2.18 bits per heavy atom. The van der Waals surface area contributed by atoms with E-state index in [0.29, 0.717) is 0 Å². The number of hydrogen-bond donors (Lipinski definition) is 0. The topological polar surface area (TPSA) is 22.1 Å². The SMILES string of the molecule is Fc1ncccc1OC(F)F. The third-order valence-electron chi connectivity index (χ3n) is 0.941. The molecule has 1 aromatic rings. The zero-order valence-electron chi connectivity index (χ0n) is 5.30. The standard InChI is InChI=1S/C6H4F3NO/c7-5-4(11-6(8)9)2-1-3-10-5/h1-3,6H. The van der Waals surface area contributed by atoms with Gasteiger partial charge in [0, 0.05) is 6.20 Å². The van der Waals surface area contributed by atoms with E-state index in [1.807, 2.05) is 0 Å². The van der Waals surface area contributed by atoms with Crippen molar-refractivity contribution in [2.24, 2.45) is 0 Å². The van der Waals surface area contributed by atoms with E-state index in [2.05, 4.69) is 9.72 Å². The molecule has 0 saturated carbocycles. The lowest BCUT2D eigenvalue weighted by atomic mass is 10.4. The average molecular weight is 163 g/mol. The van der Waals surface area contributed by atoms with Crippen molar-refractivity contribution in [1.82, 2.24) is 4.98 Å². The first kappa shape index (κ1) is 7.84. The van der Waals surface area contributed by atoms with Gasteiger partial charge in [-0.2, -0.15) is 13.2 Å². The third kappa shape index (κ3) is 2.10. The summed E-state index contributed by atoms with van der Waals surface area (Å²) in [5.74, 6) is -1.57. The van der Waals surface area contributed by atoms with Gasteiger partial charge in [-0.3, -0.25) is 0 Å². The maximum Gasteiger partial charge on any atom is 0.387 e. The molecule has 0 aliphatic rings. The first-order valence-corrected chi connectivity index (χ1v) is 2.75. The average Bonchev–Trinajstić information content (AvgIpc) is 1.93. The Morgan fingerprint density at radius 3 is 2.73 bits per heavy atom. The minimum absolute atomic E-state index is 0.539. The summed E-state index contributed by atoms with van der Waals surface area (Å²) in [7, 11) is 0. The number of halogens is 3. The highest BCUT2D eigenvalue weighted by atomic mass is 19.3. The summed E-state index contributed by atoms with van der Waals surface area (Å²) in [6.07, 6.45) is 1.15. The lowest BCUT2D eigenvalue weighted by Gasteiger charge is -2.02. The summed E-state index contributed by atoms with van der Waals surface area (Å²) >= 11 is 0. The van der Waals surface area contributed by atoms with Gasteiger partial charge < -0.3 is 4.74 Å². The molecule has 0 atom stereocenters. The fourth-order valence-electron chi connectivity index (χ4n) is 0.555. The molecule has 0 saturated heterocycles. The van der Waals surface area contributed by atoms with Crippen molar-refractivity contribution in [3.63, 3.8) is 0 Å². The van der Waals surface area contributed by atoms with Crippen molar-refractivity contribution < 1.29 is 17.9 Å². The molecule has 0 aliphatic carbocycles. The first-order chi connectivity index (χ1) is 5.20. The summed E-state index contributed by atoms with van der Waals surface area (Å²) in [5.41, 5.74) is 0. The van der Waals surface area contributed by atoms with Gasteiger partial charge in [0.15, 0.2) is 5.75 Å². The minimum Gasteiger partial charge on any atom is -0.430 e. The van der Waals surface area contributed by atoms with Gasteiger partial charge in [-0.15, -0.1) is 0 Å². The molecule has 1 aromatic heterocycles. The van der Waals surface area contributed by atoms with Crippen molar-refractivity contribution in [2.45, 2.75) is 6.61 Å². The van der Waals surface area contributed by atoms with E-state index in [1.165, 1.54) is 6.07 Å². The Bertz CT molecular complexity index is 241. The van der Waals surface area contributed by atoms with Crippen LogP contribution in [-0.2, 0) is 0 Å². The number of alkyl halides is 2. The van der Waals surface area contributed by atoms with Gasteiger partial charge in [-0.05, 0) is 12.1 Å². The number of hydrogen-bond acceptors (Lipinski definition) is 2. The molecule has 0 spiro atoms. The summed E-state index contributed by atoms with van der Waals surface area (Å²) in [5, 5.41) is 0. The number of ether oxygens (including phenoxy) is 1. The molecule has 0 amide bonds. The van der Waals surface area contributed by atoms with Crippen LogP contribution in [-0.4, -0.2) is 11.6 Å². The molecule has 1 rings (SSSR count). The molecule has 60 valence electrons. The van der Waals surface area contributed by atoms with Crippen molar-refractivity contribution in [3.8, 4) is 5.75 Å². The van der Waals surface area contributed by atoms with E-state index >= 15 is 0 Å². The Morgan fingerprint density at radius 1 is 1.45 bits per heavy atom. The van der Waals surface area contributed by atoms with Crippen molar-refractivity contribution in [2.75, 3.05) is 0 Å². The Hall–Kier alpha value is -1.26. The van der Waals surface area contributed by atoms with Crippen LogP contribution in [0.3, 0.4) is 0 Å². The van der Waals surface area contributed by atoms with E-state index in [1.54, 1.807) is 0 Å². The highest BCUT2D eigenvalue weighted by molar-refractivity contribution is 5.17. The van der Waals surface area contributed by atoms with Gasteiger partial charge in [0.1, 0.15) is 0 Å². The van der Waals surface area contributed by atoms with Gasteiger partial charge in [0.2, 0.25) is 0 Å². The normalized spacial score (nSPS) is 10.2. The van der Waals surface area contributed by atoms with E-state index in [9.17, 15) is 13.2 Å². The smallest absolute Gasteiger partial charge is 0.387 e. The van der Waals surface area contributed by atoms with Crippen LogP contribution in [0.4, 0.5) is 13.2 Å². The van der Waals surface area contributed by atoms with Crippen LogP contribution >= 0.6 is 0 Å².